The van der Waals surface area contributed by atoms with Crippen molar-refractivity contribution in [3.8, 4) is 0 Å². The number of rotatable bonds is 4. The molecule has 0 unspecified atom stereocenters. The van der Waals surface area contributed by atoms with Crippen LogP contribution in [0.3, 0.4) is 0 Å². The molecule has 0 radical (unpaired) electrons. The van der Waals surface area contributed by atoms with Gasteiger partial charge in [0.25, 0.3) is 0 Å². The molecule has 0 aliphatic heterocycles. The lowest BCUT2D eigenvalue weighted by Crippen LogP contribution is -2.52. The summed E-state index contributed by atoms with van der Waals surface area (Å²) in [6.07, 6.45) is 1.73. The molecule has 0 bridgehead atoms. The van der Waals surface area contributed by atoms with E-state index in [4.69, 9.17) is 5.73 Å². The van der Waals surface area contributed by atoms with Gasteiger partial charge in [0.2, 0.25) is 5.91 Å². The molecule has 0 aliphatic carbocycles. The van der Waals surface area contributed by atoms with Crippen molar-refractivity contribution in [2.24, 2.45) is 11.1 Å². The van der Waals surface area contributed by atoms with E-state index < -0.39 is 6.04 Å². The van der Waals surface area contributed by atoms with Crippen LogP contribution in [-0.2, 0) is 4.79 Å². The van der Waals surface area contributed by atoms with Gasteiger partial charge in [0.15, 0.2) is 0 Å². The van der Waals surface area contributed by atoms with E-state index in [2.05, 4.69) is 6.58 Å². The van der Waals surface area contributed by atoms with Crippen LogP contribution < -0.4 is 5.73 Å². The molecule has 0 aliphatic rings. The molecule has 0 aromatic carbocycles. The Balaban J connectivity index is 4.71. The second kappa shape index (κ2) is 5.31. The molecular weight excluding hydrogens is 188 g/mol. The molecule has 0 aromatic heterocycles. The van der Waals surface area contributed by atoms with E-state index in [0.29, 0.717) is 6.54 Å². The molecular formula is C12H24N2O. The van der Waals surface area contributed by atoms with Crippen LogP contribution in [0.1, 0.15) is 34.6 Å². The quantitative estimate of drug-likeness (QED) is 0.722. The van der Waals surface area contributed by atoms with Crippen LogP contribution in [0.2, 0.25) is 0 Å². The molecule has 0 rings (SSSR count). The van der Waals surface area contributed by atoms with Gasteiger partial charge in [-0.05, 0) is 19.3 Å². The first kappa shape index (κ1) is 14.2. The van der Waals surface area contributed by atoms with Crippen LogP contribution in [0.4, 0.5) is 0 Å². The average molecular weight is 212 g/mol. The van der Waals surface area contributed by atoms with Gasteiger partial charge in [-0.2, -0.15) is 0 Å². The van der Waals surface area contributed by atoms with E-state index in [1.165, 1.54) is 0 Å². The lowest BCUT2D eigenvalue weighted by molar-refractivity contribution is -0.136. The number of nitrogens with two attached hydrogens (primary N) is 1. The summed E-state index contributed by atoms with van der Waals surface area (Å²) >= 11 is 0. The maximum atomic E-state index is 12.1. The third-order valence-corrected chi connectivity index (χ3v) is 2.43. The molecule has 2 N–H and O–H groups in total. The minimum Gasteiger partial charge on any atom is -0.335 e. The Kier molecular flexibility index (Phi) is 5.01. The topological polar surface area (TPSA) is 46.3 Å². The van der Waals surface area contributed by atoms with Gasteiger partial charge in [-0.15, -0.1) is 6.58 Å². The fourth-order valence-electron chi connectivity index (χ4n) is 1.24. The molecule has 1 amide bonds. The number of carbonyl (C=O) groups excluding carboxylic acids is 1. The molecule has 88 valence electrons. The first-order valence-electron chi connectivity index (χ1n) is 5.38. The molecule has 0 heterocycles. The summed E-state index contributed by atoms with van der Waals surface area (Å²) < 4.78 is 0. The van der Waals surface area contributed by atoms with Crippen LogP contribution in [0, 0.1) is 5.41 Å². The van der Waals surface area contributed by atoms with Gasteiger partial charge in [0, 0.05) is 12.6 Å². The second-order valence-corrected chi connectivity index (χ2v) is 5.22. The zero-order valence-corrected chi connectivity index (χ0v) is 10.6. The zero-order chi connectivity index (χ0) is 12.2. The van der Waals surface area contributed by atoms with Crippen LogP contribution in [-0.4, -0.2) is 29.4 Å². The van der Waals surface area contributed by atoms with Gasteiger partial charge < -0.3 is 10.6 Å². The minimum absolute atomic E-state index is 0.00241. The van der Waals surface area contributed by atoms with Crippen molar-refractivity contribution >= 4 is 5.91 Å². The van der Waals surface area contributed by atoms with Gasteiger partial charge in [0.1, 0.15) is 0 Å². The van der Waals surface area contributed by atoms with Gasteiger partial charge in [-0.3, -0.25) is 4.79 Å². The predicted molar refractivity (Wildman–Crippen MR) is 64.5 cm³/mol. The summed E-state index contributed by atoms with van der Waals surface area (Å²) in [5, 5.41) is 0. The van der Waals surface area contributed by atoms with Crippen molar-refractivity contribution in [2.75, 3.05) is 6.54 Å². The summed E-state index contributed by atoms with van der Waals surface area (Å²) in [5.41, 5.74) is 5.73. The van der Waals surface area contributed by atoms with Gasteiger partial charge in [0.05, 0.1) is 6.04 Å². The first-order chi connectivity index (χ1) is 6.71. The minimum atomic E-state index is -0.458. The van der Waals surface area contributed by atoms with Crippen molar-refractivity contribution in [3.63, 3.8) is 0 Å². The van der Waals surface area contributed by atoms with Crippen LogP contribution in [0.15, 0.2) is 12.7 Å². The summed E-state index contributed by atoms with van der Waals surface area (Å²) in [6.45, 7) is 14.1. The molecule has 3 nitrogen and oxygen atoms in total. The Morgan fingerprint density at radius 3 is 2.20 bits per heavy atom. The highest BCUT2D eigenvalue weighted by atomic mass is 16.2. The Bertz CT molecular complexity index is 228. The Morgan fingerprint density at radius 2 is 1.93 bits per heavy atom. The fraction of sp³-hybridized carbons (Fsp3) is 0.750. The summed E-state index contributed by atoms with van der Waals surface area (Å²) in [4.78, 5) is 13.8. The van der Waals surface area contributed by atoms with E-state index in [9.17, 15) is 4.79 Å². The molecule has 0 saturated heterocycles. The first-order valence-corrected chi connectivity index (χ1v) is 5.38. The standard InChI is InChI=1S/C12H24N2O/c1-7-8-14(9(2)3)11(15)10(13)12(4,5)6/h7,9-10H,1,8,13H2,2-6H3/t10-/m0/s1. The largest absolute Gasteiger partial charge is 0.335 e. The van der Waals surface area contributed by atoms with Crippen molar-refractivity contribution in [1.82, 2.24) is 4.90 Å². The molecule has 0 fully saturated rings. The second-order valence-electron chi connectivity index (χ2n) is 5.22. The number of amides is 1. The smallest absolute Gasteiger partial charge is 0.240 e. The number of hydrogen-bond acceptors (Lipinski definition) is 2. The number of carbonyl (C=O) groups is 1. The van der Waals surface area contributed by atoms with Crippen LogP contribution in [0.5, 0.6) is 0 Å². The maximum absolute atomic E-state index is 12.1. The molecule has 1 atom stereocenters. The Labute approximate surface area is 93.3 Å². The van der Waals surface area contributed by atoms with Gasteiger partial charge >= 0.3 is 0 Å². The lowest BCUT2D eigenvalue weighted by Gasteiger charge is -2.33. The molecule has 0 aromatic rings. The highest BCUT2D eigenvalue weighted by molar-refractivity contribution is 5.82. The summed E-state index contributed by atoms with van der Waals surface area (Å²) in [5.74, 6) is -0.00241. The number of hydrogen-bond donors (Lipinski definition) is 1. The van der Waals surface area contributed by atoms with E-state index in [1.54, 1.807) is 11.0 Å². The third-order valence-electron chi connectivity index (χ3n) is 2.43. The molecule has 15 heavy (non-hydrogen) atoms. The van der Waals surface area contributed by atoms with Gasteiger partial charge in [-0.25, -0.2) is 0 Å². The van der Waals surface area contributed by atoms with Crippen molar-refractivity contribution in [3.05, 3.63) is 12.7 Å². The normalized spacial score (nSPS) is 13.8. The molecule has 3 heteroatoms. The predicted octanol–water partition coefficient (Wildman–Crippen LogP) is 1.78. The Hall–Kier alpha value is -0.830. The highest BCUT2D eigenvalue weighted by Crippen LogP contribution is 2.19. The van der Waals surface area contributed by atoms with E-state index >= 15 is 0 Å². The van der Waals surface area contributed by atoms with Gasteiger partial charge in [-0.1, -0.05) is 26.8 Å². The number of nitrogens with zero attached hydrogens (tertiary/aromatic N) is 1. The molecule has 0 spiro atoms. The van der Waals surface area contributed by atoms with Crippen molar-refractivity contribution in [2.45, 2.75) is 46.7 Å². The van der Waals surface area contributed by atoms with E-state index in [1.807, 2.05) is 34.6 Å². The zero-order valence-electron chi connectivity index (χ0n) is 10.6. The summed E-state index contributed by atoms with van der Waals surface area (Å²) in [6, 6.07) is -0.302. The Morgan fingerprint density at radius 1 is 1.47 bits per heavy atom. The third kappa shape index (κ3) is 4.04. The highest BCUT2D eigenvalue weighted by Gasteiger charge is 2.31. The fourth-order valence-corrected chi connectivity index (χ4v) is 1.24. The van der Waals surface area contributed by atoms with Crippen LogP contribution in [0.25, 0.3) is 0 Å². The van der Waals surface area contributed by atoms with Crippen molar-refractivity contribution < 1.29 is 4.79 Å². The SMILES string of the molecule is C=CCN(C(=O)[C@H](N)C(C)(C)C)C(C)C. The van der Waals surface area contributed by atoms with E-state index in [0.717, 1.165) is 0 Å². The van der Waals surface area contributed by atoms with Crippen molar-refractivity contribution in [1.29, 1.82) is 0 Å². The van der Waals surface area contributed by atoms with Crippen LogP contribution >= 0.6 is 0 Å². The van der Waals surface area contributed by atoms with E-state index in [-0.39, 0.29) is 17.4 Å². The maximum Gasteiger partial charge on any atom is 0.240 e. The molecule has 0 saturated carbocycles. The average Bonchev–Trinajstić information content (AvgIpc) is 2.09. The summed E-state index contributed by atoms with van der Waals surface area (Å²) in [7, 11) is 0. The lowest BCUT2D eigenvalue weighted by atomic mass is 9.86. The monoisotopic (exact) mass is 212 g/mol.